The van der Waals surface area contributed by atoms with Crippen molar-refractivity contribution >= 4 is 45.7 Å². The van der Waals surface area contributed by atoms with Crippen molar-refractivity contribution in [1.29, 1.82) is 0 Å². The minimum absolute atomic E-state index is 0.624. The van der Waals surface area contributed by atoms with Crippen molar-refractivity contribution in [3.05, 3.63) is 50.9 Å². The minimum atomic E-state index is 0.624. The lowest BCUT2D eigenvalue weighted by Crippen LogP contribution is -2.07. The number of halogens is 3. The van der Waals surface area contributed by atoms with Gasteiger partial charge < -0.3 is 4.57 Å². The molecule has 0 atom stereocenters. The lowest BCUT2D eigenvalue weighted by atomic mass is 10.2. The summed E-state index contributed by atoms with van der Waals surface area (Å²) in [6.07, 6.45) is 1.99. The summed E-state index contributed by atoms with van der Waals surface area (Å²) in [6, 6.07) is 5.65. The first-order valence-corrected chi connectivity index (χ1v) is 7.80. The zero-order chi connectivity index (χ0) is 15.1. The number of hydrogen-bond donors (Lipinski definition) is 0. The van der Waals surface area contributed by atoms with Crippen LogP contribution in [0, 0.1) is 6.92 Å². The van der Waals surface area contributed by atoms with E-state index in [0.717, 1.165) is 28.8 Å². The van der Waals surface area contributed by atoms with Crippen LogP contribution in [0.4, 0.5) is 0 Å². The first-order valence-electron chi connectivity index (χ1n) is 6.67. The Hall–Kier alpha value is -1.16. The van der Waals surface area contributed by atoms with Crippen LogP contribution in [0.2, 0.25) is 15.1 Å². The number of hydrogen-bond acceptors (Lipinski definition) is 1. The van der Waals surface area contributed by atoms with Gasteiger partial charge in [-0.25, -0.2) is 0 Å². The molecule has 0 aliphatic heterocycles. The van der Waals surface area contributed by atoms with Gasteiger partial charge in [-0.15, -0.1) is 0 Å². The second-order valence-electron chi connectivity index (χ2n) is 4.93. The number of rotatable bonds is 3. The third-order valence-electron chi connectivity index (χ3n) is 3.58. The molecule has 0 fully saturated rings. The maximum absolute atomic E-state index is 6.37. The Morgan fingerprint density at radius 3 is 2.67 bits per heavy atom. The molecule has 0 saturated carbocycles. The standard InChI is InChI=1S/C15H14Cl3N3/c1-3-21-14(15(18)9(2)19-21)8-20-5-4-11-12(17)6-10(16)7-13(11)20/h4-7H,3,8H2,1-2H3. The Balaban J connectivity index is 2.11. The average molecular weight is 343 g/mol. The largest absolute Gasteiger partial charge is 0.341 e. The van der Waals surface area contributed by atoms with Gasteiger partial charge in [0.1, 0.15) is 0 Å². The Bertz CT molecular complexity index is 817. The Morgan fingerprint density at radius 1 is 1.19 bits per heavy atom. The van der Waals surface area contributed by atoms with Crippen molar-refractivity contribution in [3.63, 3.8) is 0 Å². The van der Waals surface area contributed by atoms with E-state index in [1.807, 2.05) is 36.9 Å². The molecule has 6 heteroatoms. The van der Waals surface area contributed by atoms with Gasteiger partial charge in [0, 0.05) is 23.2 Å². The molecule has 3 aromatic rings. The van der Waals surface area contributed by atoms with E-state index in [4.69, 9.17) is 34.8 Å². The van der Waals surface area contributed by atoms with Gasteiger partial charge in [-0.05, 0) is 32.0 Å². The summed E-state index contributed by atoms with van der Waals surface area (Å²) in [5.41, 5.74) is 2.83. The Labute approximate surface area is 138 Å². The van der Waals surface area contributed by atoms with Gasteiger partial charge in [0.05, 0.1) is 33.5 Å². The summed E-state index contributed by atoms with van der Waals surface area (Å²) < 4.78 is 4.01. The fourth-order valence-electron chi connectivity index (χ4n) is 2.54. The molecule has 0 saturated heterocycles. The third-order valence-corrected chi connectivity index (χ3v) is 4.60. The van der Waals surface area contributed by atoms with E-state index in [2.05, 4.69) is 9.67 Å². The van der Waals surface area contributed by atoms with Crippen LogP contribution in [0.1, 0.15) is 18.3 Å². The summed E-state index contributed by atoms with van der Waals surface area (Å²) in [4.78, 5) is 0. The molecular formula is C15H14Cl3N3. The van der Waals surface area contributed by atoms with Gasteiger partial charge in [0.2, 0.25) is 0 Å². The summed E-state index contributed by atoms with van der Waals surface area (Å²) in [5.74, 6) is 0. The highest BCUT2D eigenvalue weighted by Crippen LogP contribution is 2.30. The van der Waals surface area contributed by atoms with Crippen molar-refractivity contribution in [2.45, 2.75) is 26.9 Å². The fourth-order valence-corrected chi connectivity index (χ4v) is 3.28. The van der Waals surface area contributed by atoms with Crippen LogP contribution in [-0.2, 0) is 13.1 Å². The molecule has 1 aromatic carbocycles. The van der Waals surface area contributed by atoms with Crippen LogP contribution in [0.25, 0.3) is 10.9 Å². The van der Waals surface area contributed by atoms with Gasteiger partial charge in [-0.3, -0.25) is 4.68 Å². The second kappa shape index (κ2) is 5.56. The van der Waals surface area contributed by atoms with Crippen molar-refractivity contribution in [2.24, 2.45) is 0 Å². The number of benzene rings is 1. The van der Waals surface area contributed by atoms with E-state index in [1.165, 1.54) is 0 Å². The molecule has 0 unspecified atom stereocenters. The van der Waals surface area contributed by atoms with Crippen LogP contribution in [0.5, 0.6) is 0 Å². The van der Waals surface area contributed by atoms with Crippen LogP contribution < -0.4 is 0 Å². The van der Waals surface area contributed by atoms with E-state index in [1.54, 1.807) is 6.07 Å². The summed E-state index contributed by atoms with van der Waals surface area (Å²) >= 11 is 18.7. The fraction of sp³-hybridized carbons (Fsp3) is 0.267. The van der Waals surface area contributed by atoms with Gasteiger partial charge in [-0.1, -0.05) is 34.8 Å². The number of fused-ring (bicyclic) bond motifs is 1. The van der Waals surface area contributed by atoms with Crippen LogP contribution in [0.15, 0.2) is 24.4 Å². The first-order chi connectivity index (χ1) is 10.0. The lowest BCUT2D eigenvalue weighted by molar-refractivity contribution is 0.602. The summed E-state index contributed by atoms with van der Waals surface area (Å²) in [5, 5.41) is 7.42. The highest BCUT2D eigenvalue weighted by molar-refractivity contribution is 6.38. The topological polar surface area (TPSA) is 22.8 Å². The molecule has 21 heavy (non-hydrogen) atoms. The molecule has 3 nitrogen and oxygen atoms in total. The molecule has 0 aliphatic rings. The van der Waals surface area contributed by atoms with E-state index >= 15 is 0 Å². The van der Waals surface area contributed by atoms with Crippen molar-refractivity contribution in [1.82, 2.24) is 14.3 Å². The molecule has 2 heterocycles. The van der Waals surface area contributed by atoms with Crippen molar-refractivity contribution in [2.75, 3.05) is 0 Å². The van der Waals surface area contributed by atoms with Gasteiger partial charge in [0.25, 0.3) is 0 Å². The molecule has 0 N–H and O–H groups in total. The molecule has 0 aliphatic carbocycles. The first kappa shape index (κ1) is 14.8. The Morgan fingerprint density at radius 2 is 1.95 bits per heavy atom. The highest BCUT2D eigenvalue weighted by Gasteiger charge is 2.14. The monoisotopic (exact) mass is 341 g/mol. The van der Waals surface area contributed by atoms with Gasteiger partial charge >= 0.3 is 0 Å². The zero-order valence-electron chi connectivity index (χ0n) is 11.7. The molecule has 0 amide bonds. The second-order valence-corrected chi connectivity index (χ2v) is 6.15. The van der Waals surface area contributed by atoms with E-state index < -0.39 is 0 Å². The van der Waals surface area contributed by atoms with E-state index in [0.29, 0.717) is 21.6 Å². The number of aromatic nitrogens is 3. The minimum Gasteiger partial charge on any atom is -0.341 e. The molecule has 110 valence electrons. The van der Waals surface area contributed by atoms with Crippen molar-refractivity contribution < 1.29 is 0 Å². The van der Waals surface area contributed by atoms with Crippen LogP contribution in [0.3, 0.4) is 0 Å². The maximum atomic E-state index is 6.37. The SMILES string of the molecule is CCn1nc(C)c(Cl)c1Cn1ccc2c(Cl)cc(Cl)cc21. The average Bonchev–Trinajstić information content (AvgIpc) is 2.95. The molecule has 0 bridgehead atoms. The summed E-state index contributed by atoms with van der Waals surface area (Å²) in [6.45, 7) is 5.38. The molecule has 3 rings (SSSR count). The molecular weight excluding hydrogens is 329 g/mol. The van der Waals surface area contributed by atoms with E-state index in [-0.39, 0.29) is 0 Å². The third kappa shape index (κ3) is 2.54. The molecule has 0 spiro atoms. The molecule has 2 aromatic heterocycles. The van der Waals surface area contributed by atoms with Crippen LogP contribution >= 0.6 is 34.8 Å². The predicted molar refractivity (Wildman–Crippen MR) is 88.7 cm³/mol. The van der Waals surface area contributed by atoms with Crippen LogP contribution in [-0.4, -0.2) is 14.3 Å². The number of nitrogens with zero attached hydrogens (tertiary/aromatic N) is 3. The van der Waals surface area contributed by atoms with Gasteiger partial charge in [0.15, 0.2) is 0 Å². The zero-order valence-corrected chi connectivity index (χ0v) is 14.0. The number of aryl methyl sites for hydroxylation is 2. The highest BCUT2D eigenvalue weighted by atomic mass is 35.5. The smallest absolute Gasteiger partial charge is 0.0865 e. The van der Waals surface area contributed by atoms with Gasteiger partial charge in [-0.2, -0.15) is 5.10 Å². The molecule has 0 radical (unpaired) electrons. The normalized spacial score (nSPS) is 11.5. The van der Waals surface area contributed by atoms with Crippen molar-refractivity contribution in [3.8, 4) is 0 Å². The predicted octanol–water partition coefficient (Wildman–Crippen LogP) is 5.17. The lowest BCUT2D eigenvalue weighted by Gasteiger charge is -2.09. The summed E-state index contributed by atoms with van der Waals surface area (Å²) in [7, 11) is 0. The Kier molecular flexibility index (Phi) is 3.91. The maximum Gasteiger partial charge on any atom is 0.0865 e. The quantitative estimate of drug-likeness (QED) is 0.643. The van der Waals surface area contributed by atoms with E-state index in [9.17, 15) is 0 Å².